The minimum atomic E-state index is -0.792. The number of amides is 1. The van der Waals surface area contributed by atoms with Crippen molar-refractivity contribution < 1.29 is 19.4 Å². The smallest absolute Gasteiger partial charge is 0.300 e. The summed E-state index contributed by atoms with van der Waals surface area (Å²) in [5.74, 6) is -0.520. The Morgan fingerprint density at radius 1 is 0.974 bits per heavy atom. The van der Waals surface area contributed by atoms with Crippen molar-refractivity contribution in [3.05, 3.63) is 101 Å². The maximum absolute atomic E-state index is 13.6. The molecule has 0 saturated carbocycles. The number of para-hydroxylation sites is 1. The molecule has 1 saturated heterocycles. The van der Waals surface area contributed by atoms with Crippen LogP contribution in [0.1, 0.15) is 42.1 Å². The Balaban J connectivity index is 1.69. The Labute approximate surface area is 222 Å². The van der Waals surface area contributed by atoms with Crippen LogP contribution < -0.4 is 9.64 Å². The summed E-state index contributed by atoms with van der Waals surface area (Å²) in [4.78, 5) is 28.7. The summed E-state index contributed by atoms with van der Waals surface area (Å²) in [5, 5.41) is 12.4. The normalized spacial score (nSPS) is 17.1. The molecule has 1 aromatic heterocycles. The second-order valence-corrected chi connectivity index (χ2v) is 10.4. The Morgan fingerprint density at radius 2 is 1.68 bits per heavy atom. The molecule has 4 aromatic rings. The summed E-state index contributed by atoms with van der Waals surface area (Å²) in [7, 11) is 1.93. The minimum absolute atomic E-state index is 0.0698. The standard InChI is InChI=1S/C32H32N2O4/c1-19(2)18-38-24-14-11-22(12-15-24)30(35)28-29(26-17-33(5)27-9-7-6-8-25(26)27)34(32(37)31(28)36)23-13-10-20(3)21(4)16-23/h6-17,19,29,35H,18H2,1-5H3/b30-28+. The van der Waals surface area contributed by atoms with Crippen LogP contribution in [0.2, 0.25) is 0 Å². The van der Waals surface area contributed by atoms with E-state index in [4.69, 9.17) is 4.74 Å². The highest BCUT2D eigenvalue weighted by atomic mass is 16.5. The van der Waals surface area contributed by atoms with E-state index < -0.39 is 17.7 Å². The number of carbonyl (C=O) groups is 2. The van der Waals surface area contributed by atoms with Gasteiger partial charge in [-0.15, -0.1) is 0 Å². The van der Waals surface area contributed by atoms with Gasteiger partial charge in [-0.3, -0.25) is 14.5 Å². The van der Waals surface area contributed by atoms with Crippen molar-refractivity contribution in [3.63, 3.8) is 0 Å². The number of aromatic nitrogens is 1. The lowest BCUT2D eigenvalue weighted by atomic mass is 9.94. The zero-order chi connectivity index (χ0) is 27.1. The first-order chi connectivity index (χ1) is 18.2. The van der Waals surface area contributed by atoms with E-state index in [0.717, 1.165) is 27.6 Å². The third kappa shape index (κ3) is 4.36. The van der Waals surface area contributed by atoms with Gasteiger partial charge in [0.1, 0.15) is 11.5 Å². The van der Waals surface area contributed by atoms with Gasteiger partial charge < -0.3 is 14.4 Å². The van der Waals surface area contributed by atoms with Crippen LogP contribution in [0.3, 0.4) is 0 Å². The van der Waals surface area contributed by atoms with E-state index in [1.54, 1.807) is 24.3 Å². The summed E-state index contributed by atoms with van der Waals surface area (Å²) in [6, 6.07) is 19.8. The number of aryl methyl sites for hydroxylation is 3. The number of hydrogen-bond acceptors (Lipinski definition) is 4. The molecule has 38 heavy (non-hydrogen) atoms. The SMILES string of the molecule is Cc1ccc(N2C(=O)C(=O)/C(=C(/O)c3ccc(OCC(C)C)cc3)C2c2cn(C)c3ccccc23)cc1C. The van der Waals surface area contributed by atoms with Crippen LogP contribution in [0.15, 0.2) is 78.5 Å². The van der Waals surface area contributed by atoms with Gasteiger partial charge in [-0.05, 0) is 73.4 Å². The number of hydrogen-bond donors (Lipinski definition) is 1. The number of ketones is 1. The van der Waals surface area contributed by atoms with Gasteiger partial charge in [0, 0.05) is 41.0 Å². The Hall–Kier alpha value is -4.32. The Bertz CT molecular complexity index is 1580. The molecule has 5 rings (SSSR count). The fraction of sp³-hybridized carbons (Fsp3) is 0.250. The Kier molecular flexibility index (Phi) is 6.57. The predicted molar refractivity (Wildman–Crippen MR) is 150 cm³/mol. The molecule has 6 heteroatoms. The first-order valence-electron chi connectivity index (χ1n) is 12.8. The summed E-state index contributed by atoms with van der Waals surface area (Å²) in [5.41, 5.74) is 4.99. The van der Waals surface area contributed by atoms with Gasteiger partial charge >= 0.3 is 0 Å². The van der Waals surface area contributed by atoms with E-state index in [1.807, 2.05) is 74.1 Å². The van der Waals surface area contributed by atoms with Gasteiger partial charge in [0.05, 0.1) is 18.2 Å². The third-order valence-electron chi connectivity index (χ3n) is 7.15. The van der Waals surface area contributed by atoms with Crippen LogP contribution in [0, 0.1) is 19.8 Å². The van der Waals surface area contributed by atoms with Crippen LogP contribution >= 0.6 is 0 Å². The number of carbonyl (C=O) groups excluding carboxylic acids is 2. The fourth-order valence-corrected chi connectivity index (χ4v) is 4.99. The molecule has 1 aliphatic rings. The Morgan fingerprint density at radius 3 is 2.37 bits per heavy atom. The predicted octanol–water partition coefficient (Wildman–Crippen LogP) is 6.46. The van der Waals surface area contributed by atoms with E-state index >= 15 is 0 Å². The van der Waals surface area contributed by atoms with Gasteiger partial charge in [0.2, 0.25) is 0 Å². The minimum Gasteiger partial charge on any atom is -0.507 e. The number of rotatable bonds is 6. The van der Waals surface area contributed by atoms with Crippen molar-refractivity contribution in [2.24, 2.45) is 13.0 Å². The molecule has 1 fully saturated rings. The van der Waals surface area contributed by atoms with Crippen LogP contribution in [-0.2, 0) is 16.6 Å². The number of aliphatic hydroxyl groups is 1. The van der Waals surface area contributed by atoms with E-state index in [-0.39, 0.29) is 11.3 Å². The zero-order valence-electron chi connectivity index (χ0n) is 22.4. The lowest BCUT2D eigenvalue weighted by Crippen LogP contribution is -2.29. The molecule has 0 spiro atoms. The average Bonchev–Trinajstić information content (AvgIpc) is 3.37. The van der Waals surface area contributed by atoms with Crippen molar-refractivity contribution in [1.82, 2.24) is 4.57 Å². The molecule has 0 aliphatic carbocycles. The molecule has 1 aliphatic heterocycles. The van der Waals surface area contributed by atoms with Gasteiger partial charge in [0.25, 0.3) is 11.7 Å². The highest BCUT2D eigenvalue weighted by molar-refractivity contribution is 6.51. The third-order valence-corrected chi connectivity index (χ3v) is 7.15. The first kappa shape index (κ1) is 25.3. The maximum atomic E-state index is 13.6. The lowest BCUT2D eigenvalue weighted by molar-refractivity contribution is -0.132. The zero-order valence-corrected chi connectivity index (χ0v) is 22.4. The molecule has 6 nitrogen and oxygen atoms in total. The van der Waals surface area contributed by atoms with Gasteiger partial charge in [-0.25, -0.2) is 0 Å². The summed E-state index contributed by atoms with van der Waals surface area (Å²) >= 11 is 0. The highest BCUT2D eigenvalue weighted by Gasteiger charge is 2.48. The summed E-state index contributed by atoms with van der Waals surface area (Å²) in [6.07, 6.45) is 1.94. The van der Waals surface area contributed by atoms with Crippen LogP contribution in [-0.4, -0.2) is 28.0 Å². The van der Waals surface area contributed by atoms with E-state index in [1.165, 1.54) is 4.90 Å². The topological polar surface area (TPSA) is 71.8 Å². The summed E-state index contributed by atoms with van der Waals surface area (Å²) < 4.78 is 7.75. The van der Waals surface area contributed by atoms with Crippen LogP contribution in [0.4, 0.5) is 5.69 Å². The lowest BCUT2D eigenvalue weighted by Gasteiger charge is -2.25. The van der Waals surface area contributed by atoms with Crippen molar-refractivity contribution in [2.45, 2.75) is 33.7 Å². The molecule has 1 N–H and O–H groups in total. The van der Waals surface area contributed by atoms with E-state index in [2.05, 4.69) is 13.8 Å². The highest BCUT2D eigenvalue weighted by Crippen LogP contribution is 2.45. The van der Waals surface area contributed by atoms with E-state index in [0.29, 0.717) is 29.5 Å². The quantitative estimate of drug-likeness (QED) is 0.184. The number of aliphatic hydroxyl groups excluding tert-OH is 1. The molecule has 2 heterocycles. The maximum Gasteiger partial charge on any atom is 0.300 e. The largest absolute Gasteiger partial charge is 0.507 e. The van der Waals surface area contributed by atoms with Crippen LogP contribution in [0.5, 0.6) is 5.75 Å². The molecule has 1 amide bonds. The monoisotopic (exact) mass is 508 g/mol. The van der Waals surface area contributed by atoms with Gasteiger partial charge in [0.15, 0.2) is 0 Å². The second kappa shape index (κ2) is 9.86. The molecular formula is C32H32N2O4. The number of benzene rings is 3. The molecular weight excluding hydrogens is 476 g/mol. The molecule has 0 bridgehead atoms. The van der Waals surface area contributed by atoms with Crippen molar-refractivity contribution in [3.8, 4) is 5.75 Å². The van der Waals surface area contributed by atoms with Crippen molar-refractivity contribution >= 4 is 34.0 Å². The number of ether oxygens (including phenoxy) is 1. The van der Waals surface area contributed by atoms with E-state index in [9.17, 15) is 14.7 Å². The first-order valence-corrected chi connectivity index (χ1v) is 12.8. The summed E-state index contributed by atoms with van der Waals surface area (Å²) in [6.45, 7) is 8.70. The fourth-order valence-electron chi connectivity index (χ4n) is 4.99. The van der Waals surface area contributed by atoms with Crippen LogP contribution in [0.25, 0.3) is 16.7 Å². The number of anilines is 1. The van der Waals surface area contributed by atoms with Gasteiger partial charge in [-0.1, -0.05) is 38.1 Å². The molecule has 1 unspecified atom stereocenters. The van der Waals surface area contributed by atoms with Gasteiger partial charge in [-0.2, -0.15) is 0 Å². The molecule has 3 aromatic carbocycles. The molecule has 194 valence electrons. The average molecular weight is 509 g/mol. The number of Topliss-reactive ketones (excluding diaryl/α,β-unsaturated/α-hetero) is 1. The molecule has 0 radical (unpaired) electrons. The van der Waals surface area contributed by atoms with Crippen molar-refractivity contribution in [2.75, 3.05) is 11.5 Å². The molecule has 1 atom stereocenters. The van der Waals surface area contributed by atoms with Crippen molar-refractivity contribution in [1.29, 1.82) is 0 Å². The number of fused-ring (bicyclic) bond motifs is 1. The number of nitrogens with zero attached hydrogens (tertiary/aromatic N) is 2. The second-order valence-electron chi connectivity index (χ2n) is 10.4.